The molecule has 140 valence electrons. The summed E-state index contributed by atoms with van der Waals surface area (Å²) in [5.41, 5.74) is 1.18. The lowest BCUT2D eigenvalue weighted by molar-refractivity contribution is 0.628. The second-order valence-electron chi connectivity index (χ2n) is 5.55. The number of halogens is 2. The first-order chi connectivity index (χ1) is 13.6. The third-order valence-electron chi connectivity index (χ3n) is 3.69. The van der Waals surface area contributed by atoms with Gasteiger partial charge in [-0.2, -0.15) is 14.9 Å². The zero-order chi connectivity index (χ0) is 19.5. The lowest BCUT2D eigenvalue weighted by Gasteiger charge is -2.01. The summed E-state index contributed by atoms with van der Waals surface area (Å²) in [4.78, 5) is 4.91. The first-order valence-corrected chi connectivity index (χ1v) is 9.67. The van der Waals surface area contributed by atoms with Gasteiger partial charge in [0.15, 0.2) is 16.1 Å². The number of rotatable bonds is 5. The molecule has 0 unspecified atom stereocenters. The second-order valence-corrected chi connectivity index (χ2v) is 7.33. The highest BCUT2D eigenvalue weighted by molar-refractivity contribution is 7.71. The van der Waals surface area contributed by atoms with Gasteiger partial charge in [-0.05, 0) is 36.5 Å². The van der Waals surface area contributed by atoms with Gasteiger partial charge < -0.3 is 5.32 Å². The molecule has 2 aromatic heterocycles. The van der Waals surface area contributed by atoms with Crippen LogP contribution in [0.2, 0.25) is 5.15 Å². The van der Waals surface area contributed by atoms with Gasteiger partial charge in [-0.25, -0.2) is 14.5 Å². The highest BCUT2D eigenvalue weighted by Gasteiger charge is 2.13. The van der Waals surface area contributed by atoms with Crippen LogP contribution >= 0.6 is 35.2 Å². The average Bonchev–Trinajstić information content (AvgIpc) is 3.23. The van der Waals surface area contributed by atoms with Gasteiger partial charge in [-0.15, -0.1) is 0 Å². The number of nitrogens with zero attached hydrogens (tertiary/aromatic N) is 4. The Morgan fingerprint density at radius 1 is 1.18 bits per heavy atom. The van der Waals surface area contributed by atoms with Gasteiger partial charge in [-0.3, -0.25) is 0 Å². The molecule has 0 saturated carbocycles. The molecule has 2 heterocycles. The predicted octanol–water partition coefficient (Wildman–Crippen LogP) is 5.48. The molecule has 0 aliphatic heterocycles. The summed E-state index contributed by atoms with van der Waals surface area (Å²) in [6.45, 7) is 0. The van der Waals surface area contributed by atoms with E-state index in [2.05, 4.69) is 25.6 Å². The fraction of sp³-hybridized carbons (Fsp3) is 0. The quantitative estimate of drug-likeness (QED) is 0.325. The van der Waals surface area contributed by atoms with Crippen molar-refractivity contribution in [2.24, 2.45) is 5.10 Å². The third kappa shape index (κ3) is 3.86. The minimum absolute atomic E-state index is 0.234. The molecule has 0 radical (unpaired) electrons. The first kappa shape index (κ1) is 18.5. The Bertz CT molecular complexity index is 1200. The van der Waals surface area contributed by atoms with Gasteiger partial charge in [0.1, 0.15) is 5.82 Å². The molecular formula is C18H12ClFN6S2. The van der Waals surface area contributed by atoms with E-state index in [4.69, 9.17) is 23.8 Å². The maximum atomic E-state index is 14.1. The zero-order valence-corrected chi connectivity index (χ0v) is 16.5. The zero-order valence-electron chi connectivity index (χ0n) is 14.1. The topological polar surface area (TPSA) is 70.9 Å². The van der Waals surface area contributed by atoms with E-state index in [1.54, 1.807) is 18.2 Å². The van der Waals surface area contributed by atoms with Crippen LogP contribution in [-0.2, 0) is 0 Å². The minimum Gasteiger partial charge on any atom is -0.331 e. The summed E-state index contributed by atoms with van der Waals surface area (Å²) >= 11 is 12.8. The molecule has 0 aliphatic rings. The van der Waals surface area contributed by atoms with Crippen molar-refractivity contribution in [3.63, 3.8) is 0 Å². The third-order valence-corrected chi connectivity index (χ3v) is 5.26. The van der Waals surface area contributed by atoms with Crippen LogP contribution < -0.4 is 5.32 Å². The Hall–Kier alpha value is -2.88. The molecule has 4 aromatic rings. The van der Waals surface area contributed by atoms with Gasteiger partial charge in [-0.1, -0.05) is 53.3 Å². The SMILES string of the molecule is Fc1ccccc1-c1n[nH]c(=S)n1/N=C/c1sc(Nc2ccccc2)nc1Cl. The van der Waals surface area contributed by atoms with Crippen molar-refractivity contribution in [2.45, 2.75) is 0 Å². The number of thiazole rings is 1. The summed E-state index contributed by atoms with van der Waals surface area (Å²) in [5.74, 6) is -0.152. The Morgan fingerprint density at radius 2 is 1.93 bits per heavy atom. The van der Waals surface area contributed by atoms with Crippen LogP contribution in [0.3, 0.4) is 0 Å². The Labute approximate surface area is 173 Å². The maximum absolute atomic E-state index is 14.1. The molecule has 0 fully saturated rings. The molecule has 0 saturated heterocycles. The standard InChI is InChI=1S/C18H12ClFN6S2/c19-15-14(28-17(23-15)22-11-6-2-1-3-7-11)10-21-26-16(24-25-18(26)27)12-8-4-5-9-13(12)20/h1-10H,(H,22,23)(H,25,27)/b21-10+. The van der Waals surface area contributed by atoms with Gasteiger partial charge in [0.25, 0.3) is 0 Å². The number of hydrogen-bond acceptors (Lipinski definition) is 6. The Kier molecular flexibility index (Phi) is 5.29. The molecule has 10 heteroatoms. The number of benzene rings is 2. The molecular weight excluding hydrogens is 419 g/mol. The van der Waals surface area contributed by atoms with E-state index < -0.39 is 5.82 Å². The summed E-state index contributed by atoms with van der Waals surface area (Å²) in [6.07, 6.45) is 1.52. The van der Waals surface area contributed by atoms with Crippen molar-refractivity contribution in [3.8, 4) is 11.4 Å². The van der Waals surface area contributed by atoms with Crippen molar-refractivity contribution in [1.82, 2.24) is 19.9 Å². The van der Waals surface area contributed by atoms with Crippen molar-refractivity contribution < 1.29 is 4.39 Å². The average molecular weight is 431 g/mol. The molecule has 2 aromatic carbocycles. The summed E-state index contributed by atoms with van der Waals surface area (Å²) in [5, 5.41) is 15.1. The van der Waals surface area contributed by atoms with E-state index in [0.29, 0.717) is 15.2 Å². The van der Waals surface area contributed by atoms with E-state index in [0.717, 1.165) is 5.69 Å². The van der Waals surface area contributed by atoms with Crippen molar-refractivity contribution >= 4 is 52.2 Å². The van der Waals surface area contributed by atoms with Crippen molar-refractivity contribution in [3.05, 3.63) is 75.2 Å². The Balaban J connectivity index is 1.63. The maximum Gasteiger partial charge on any atom is 0.216 e. The molecule has 0 atom stereocenters. The number of nitrogens with one attached hydrogen (secondary N) is 2. The van der Waals surface area contributed by atoms with Gasteiger partial charge >= 0.3 is 0 Å². The highest BCUT2D eigenvalue weighted by atomic mass is 35.5. The predicted molar refractivity (Wildman–Crippen MR) is 113 cm³/mol. The van der Waals surface area contributed by atoms with Crippen molar-refractivity contribution in [1.29, 1.82) is 0 Å². The number of aromatic amines is 1. The number of anilines is 2. The normalized spacial score (nSPS) is 11.2. The number of H-pyrrole nitrogens is 1. The van der Waals surface area contributed by atoms with Crippen LogP contribution in [0, 0.1) is 10.6 Å². The smallest absolute Gasteiger partial charge is 0.216 e. The first-order valence-electron chi connectivity index (χ1n) is 8.07. The van der Waals surface area contributed by atoms with E-state index in [-0.39, 0.29) is 16.2 Å². The second kappa shape index (κ2) is 8.01. The lowest BCUT2D eigenvalue weighted by Crippen LogP contribution is -1.96. The number of hydrogen-bond donors (Lipinski definition) is 2. The summed E-state index contributed by atoms with van der Waals surface area (Å²) in [6, 6.07) is 15.9. The Morgan fingerprint density at radius 3 is 2.71 bits per heavy atom. The van der Waals surface area contributed by atoms with E-state index in [9.17, 15) is 4.39 Å². The van der Waals surface area contributed by atoms with Gasteiger partial charge in [0.05, 0.1) is 16.7 Å². The van der Waals surface area contributed by atoms with Crippen LogP contribution in [-0.4, -0.2) is 26.1 Å². The summed E-state index contributed by atoms with van der Waals surface area (Å²) in [7, 11) is 0. The molecule has 0 bridgehead atoms. The fourth-order valence-electron chi connectivity index (χ4n) is 2.42. The van der Waals surface area contributed by atoms with Crippen LogP contribution in [0.1, 0.15) is 4.88 Å². The van der Waals surface area contributed by atoms with E-state index >= 15 is 0 Å². The molecule has 0 aliphatic carbocycles. The van der Waals surface area contributed by atoms with Crippen LogP contribution in [0.4, 0.5) is 15.2 Å². The number of aromatic nitrogens is 4. The molecule has 2 N–H and O–H groups in total. The monoisotopic (exact) mass is 430 g/mol. The number of para-hydroxylation sites is 1. The molecule has 0 spiro atoms. The van der Waals surface area contributed by atoms with E-state index in [1.807, 2.05) is 30.3 Å². The largest absolute Gasteiger partial charge is 0.331 e. The van der Waals surface area contributed by atoms with Crippen molar-refractivity contribution in [2.75, 3.05) is 5.32 Å². The fourth-order valence-corrected chi connectivity index (χ4v) is 3.64. The minimum atomic E-state index is -0.418. The van der Waals surface area contributed by atoms with Crippen LogP contribution in [0.25, 0.3) is 11.4 Å². The van der Waals surface area contributed by atoms with Crippen LogP contribution in [0.5, 0.6) is 0 Å². The lowest BCUT2D eigenvalue weighted by atomic mass is 10.2. The molecule has 4 rings (SSSR count). The van der Waals surface area contributed by atoms with Crippen LogP contribution in [0.15, 0.2) is 59.7 Å². The molecule has 0 amide bonds. The van der Waals surface area contributed by atoms with E-state index in [1.165, 1.54) is 28.3 Å². The highest BCUT2D eigenvalue weighted by Crippen LogP contribution is 2.28. The summed E-state index contributed by atoms with van der Waals surface area (Å²) < 4.78 is 15.7. The van der Waals surface area contributed by atoms with Gasteiger partial charge in [0.2, 0.25) is 4.77 Å². The van der Waals surface area contributed by atoms with Gasteiger partial charge in [0, 0.05) is 5.69 Å². The molecule has 28 heavy (non-hydrogen) atoms. The molecule has 6 nitrogen and oxygen atoms in total.